The first-order chi connectivity index (χ1) is 6.31. The molecule has 0 fully saturated rings. The zero-order valence-electron chi connectivity index (χ0n) is 7.09. The number of nitrogens with zero attached hydrogens (tertiary/aromatic N) is 2. The smallest absolute Gasteiger partial charge is 0.263 e. The molecular formula is C7H9N5O. The minimum Gasteiger partial charge on any atom is -0.356 e. The van der Waals surface area contributed by atoms with Crippen molar-refractivity contribution in [1.29, 1.82) is 0 Å². The number of anilines is 1. The van der Waals surface area contributed by atoms with E-state index in [-0.39, 0.29) is 5.56 Å². The van der Waals surface area contributed by atoms with Gasteiger partial charge in [0.25, 0.3) is 5.56 Å². The number of hydrogen-bond acceptors (Lipinski definition) is 4. The molecule has 0 unspecified atom stereocenters. The minimum absolute atomic E-state index is 0.185. The van der Waals surface area contributed by atoms with Crippen molar-refractivity contribution in [3.63, 3.8) is 0 Å². The molecule has 0 saturated heterocycles. The molecule has 0 atom stereocenters. The molecular weight excluding hydrogens is 170 g/mol. The predicted octanol–water partition coefficient (Wildman–Crippen LogP) is 0.0780. The van der Waals surface area contributed by atoms with E-state index in [1.165, 1.54) is 6.20 Å². The lowest BCUT2D eigenvalue weighted by molar-refractivity contribution is 1.06. The average molecular weight is 179 g/mol. The second kappa shape index (κ2) is 2.89. The maximum Gasteiger partial charge on any atom is 0.263 e. The summed E-state index contributed by atoms with van der Waals surface area (Å²) in [5, 5.41) is 9.76. The molecule has 0 amide bonds. The summed E-state index contributed by atoms with van der Waals surface area (Å²) in [5.74, 6) is 0.462. The molecule has 0 bridgehead atoms. The van der Waals surface area contributed by atoms with E-state index in [2.05, 4.69) is 25.5 Å². The fraction of sp³-hybridized carbons (Fsp3) is 0.286. The topological polar surface area (TPSA) is 86.5 Å². The van der Waals surface area contributed by atoms with Gasteiger partial charge in [0.2, 0.25) is 5.95 Å². The highest BCUT2D eigenvalue weighted by atomic mass is 16.1. The maximum absolute atomic E-state index is 11.3. The highest BCUT2D eigenvalue weighted by molar-refractivity contribution is 5.73. The van der Waals surface area contributed by atoms with E-state index in [1.807, 2.05) is 6.92 Å². The van der Waals surface area contributed by atoms with Crippen LogP contribution >= 0.6 is 0 Å². The molecule has 6 nitrogen and oxygen atoms in total. The summed E-state index contributed by atoms with van der Waals surface area (Å²) < 4.78 is 0. The van der Waals surface area contributed by atoms with Crippen LogP contribution in [0.5, 0.6) is 0 Å². The van der Waals surface area contributed by atoms with E-state index in [4.69, 9.17) is 0 Å². The number of aromatic nitrogens is 4. The van der Waals surface area contributed by atoms with E-state index in [0.29, 0.717) is 23.5 Å². The Morgan fingerprint density at radius 2 is 2.46 bits per heavy atom. The molecule has 0 aliphatic heterocycles. The van der Waals surface area contributed by atoms with Crippen molar-refractivity contribution in [1.82, 2.24) is 20.2 Å². The first kappa shape index (κ1) is 7.78. The summed E-state index contributed by atoms with van der Waals surface area (Å²) >= 11 is 0. The SMILES string of the molecule is CCNc1nc2[nH]ncc2c(=O)[nH]1. The summed E-state index contributed by atoms with van der Waals surface area (Å²) in [5.41, 5.74) is 0.314. The molecule has 0 radical (unpaired) electrons. The molecule has 2 heterocycles. The van der Waals surface area contributed by atoms with E-state index in [9.17, 15) is 4.79 Å². The van der Waals surface area contributed by atoms with Crippen LogP contribution in [0.15, 0.2) is 11.0 Å². The zero-order chi connectivity index (χ0) is 9.26. The molecule has 0 aromatic carbocycles. The molecule has 13 heavy (non-hydrogen) atoms. The number of H-pyrrole nitrogens is 2. The van der Waals surface area contributed by atoms with E-state index < -0.39 is 0 Å². The van der Waals surface area contributed by atoms with Crippen molar-refractivity contribution in [2.75, 3.05) is 11.9 Å². The summed E-state index contributed by atoms with van der Waals surface area (Å²) in [6.07, 6.45) is 1.46. The van der Waals surface area contributed by atoms with Crippen LogP contribution < -0.4 is 10.9 Å². The third kappa shape index (κ3) is 1.26. The first-order valence-electron chi connectivity index (χ1n) is 3.98. The Kier molecular flexibility index (Phi) is 1.73. The lowest BCUT2D eigenvalue weighted by atomic mass is 10.4. The van der Waals surface area contributed by atoms with E-state index >= 15 is 0 Å². The van der Waals surface area contributed by atoms with Crippen molar-refractivity contribution in [3.05, 3.63) is 16.6 Å². The molecule has 2 aromatic rings. The van der Waals surface area contributed by atoms with Crippen LogP contribution in [0, 0.1) is 0 Å². The molecule has 3 N–H and O–H groups in total. The minimum atomic E-state index is -0.185. The molecule has 0 saturated carbocycles. The van der Waals surface area contributed by atoms with Gasteiger partial charge in [-0.15, -0.1) is 0 Å². The number of aromatic amines is 2. The van der Waals surface area contributed by atoms with Crippen LogP contribution in [0.4, 0.5) is 5.95 Å². The number of fused-ring (bicyclic) bond motifs is 1. The Morgan fingerprint density at radius 3 is 3.23 bits per heavy atom. The lowest BCUT2D eigenvalue weighted by Crippen LogP contribution is -2.12. The highest BCUT2D eigenvalue weighted by Gasteiger charge is 2.03. The summed E-state index contributed by atoms with van der Waals surface area (Å²) in [7, 11) is 0. The fourth-order valence-corrected chi connectivity index (χ4v) is 1.10. The largest absolute Gasteiger partial charge is 0.356 e. The lowest BCUT2D eigenvalue weighted by Gasteiger charge is -1.99. The van der Waals surface area contributed by atoms with Crippen molar-refractivity contribution in [2.45, 2.75) is 6.92 Å². The monoisotopic (exact) mass is 179 g/mol. The fourth-order valence-electron chi connectivity index (χ4n) is 1.10. The Hall–Kier alpha value is -1.85. The van der Waals surface area contributed by atoms with Gasteiger partial charge in [-0.05, 0) is 6.92 Å². The zero-order valence-corrected chi connectivity index (χ0v) is 7.09. The summed E-state index contributed by atoms with van der Waals surface area (Å²) in [4.78, 5) is 18.0. The van der Waals surface area contributed by atoms with Gasteiger partial charge in [0.1, 0.15) is 5.39 Å². The van der Waals surface area contributed by atoms with Gasteiger partial charge in [-0.25, -0.2) is 0 Å². The van der Waals surface area contributed by atoms with Crippen LogP contribution in [0.1, 0.15) is 6.92 Å². The Morgan fingerprint density at radius 1 is 1.62 bits per heavy atom. The molecule has 2 aromatic heterocycles. The van der Waals surface area contributed by atoms with Gasteiger partial charge in [-0.1, -0.05) is 0 Å². The predicted molar refractivity (Wildman–Crippen MR) is 48.7 cm³/mol. The first-order valence-corrected chi connectivity index (χ1v) is 3.98. The summed E-state index contributed by atoms with van der Waals surface area (Å²) in [6, 6.07) is 0. The molecule has 6 heteroatoms. The Bertz CT molecular complexity index is 471. The molecule has 0 spiro atoms. The quantitative estimate of drug-likeness (QED) is 0.609. The number of hydrogen-bond donors (Lipinski definition) is 3. The molecule has 0 aliphatic carbocycles. The Balaban J connectivity index is 2.63. The Labute approximate surface area is 73.4 Å². The number of nitrogens with one attached hydrogen (secondary N) is 3. The number of rotatable bonds is 2. The van der Waals surface area contributed by atoms with Crippen LogP contribution in [-0.4, -0.2) is 26.7 Å². The second-order valence-electron chi connectivity index (χ2n) is 2.58. The molecule has 0 aliphatic rings. The average Bonchev–Trinajstić information content (AvgIpc) is 2.53. The van der Waals surface area contributed by atoms with Crippen LogP contribution in [0.3, 0.4) is 0 Å². The highest BCUT2D eigenvalue weighted by Crippen LogP contribution is 2.02. The molecule has 68 valence electrons. The van der Waals surface area contributed by atoms with Gasteiger partial charge in [-0.2, -0.15) is 10.1 Å². The van der Waals surface area contributed by atoms with Crippen LogP contribution in [-0.2, 0) is 0 Å². The molecule has 2 rings (SSSR count). The normalized spacial score (nSPS) is 10.5. The van der Waals surface area contributed by atoms with Gasteiger partial charge in [0.15, 0.2) is 5.65 Å². The van der Waals surface area contributed by atoms with Crippen LogP contribution in [0.2, 0.25) is 0 Å². The van der Waals surface area contributed by atoms with Crippen molar-refractivity contribution >= 4 is 17.0 Å². The second-order valence-corrected chi connectivity index (χ2v) is 2.58. The third-order valence-electron chi connectivity index (χ3n) is 1.66. The summed E-state index contributed by atoms with van der Waals surface area (Å²) in [6.45, 7) is 2.64. The van der Waals surface area contributed by atoms with Crippen molar-refractivity contribution in [3.8, 4) is 0 Å². The van der Waals surface area contributed by atoms with Gasteiger partial charge in [0.05, 0.1) is 6.20 Å². The maximum atomic E-state index is 11.3. The van der Waals surface area contributed by atoms with Crippen molar-refractivity contribution < 1.29 is 0 Å². The van der Waals surface area contributed by atoms with Crippen LogP contribution in [0.25, 0.3) is 11.0 Å². The van der Waals surface area contributed by atoms with Crippen molar-refractivity contribution in [2.24, 2.45) is 0 Å². The third-order valence-corrected chi connectivity index (χ3v) is 1.66. The van der Waals surface area contributed by atoms with Gasteiger partial charge < -0.3 is 5.32 Å². The standard InChI is InChI=1S/C7H9N5O/c1-2-8-7-10-5-4(3-9-12-5)6(13)11-7/h3H,2H2,1H3,(H3,8,9,10,11,12,13). The van der Waals surface area contributed by atoms with E-state index in [1.54, 1.807) is 0 Å². The van der Waals surface area contributed by atoms with Gasteiger partial charge >= 0.3 is 0 Å². The van der Waals surface area contributed by atoms with Gasteiger partial charge in [-0.3, -0.25) is 14.9 Å². The van der Waals surface area contributed by atoms with E-state index in [0.717, 1.165) is 0 Å². The van der Waals surface area contributed by atoms with Gasteiger partial charge in [0, 0.05) is 6.54 Å².